The van der Waals surface area contributed by atoms with Crippen LogP contribution in [0.5, 0.6) is 0 Å². The summed E-state index contributed by atoms with van der Waals surface area (Å²) in [5.74, 6) is 0. The molecule has 0 atom stereocenters. The van der Waals surface area contributed by atoms with E-state index in [4.69, 9.17) is 4.74 Å². The van der Waals surface area contributed by atoms with Gasteiger partial charge in [-0.1, -0.05) is 54.6 Å². The average molecular weight is 467 g/mol. The number of non-ortho nitro benzene ring substituents is 1. The van der Waals surface area contributed by atoms with Gasteiger partial charge >= 0.3 is 0 Å². The van der Waals surface area contributed by atoms with Gasteiger partial charge in [-0.25, -0.2) is 8.42 Å². The third-order valence-electron chi connectivity index (χ3n) is 5.18. The fourth-order valence-electron chi connectivity index (χ4n) is 3.43. The van der Waals surface area contributed by atoms with Crippen LogP contribution in [0.4, 0.5) is 11.4 Å². The smallest absolute Gasteiger partial charge is 0.270 e. The number of benzene rings is 3. The zero-order valence-corrected chi connectivity index (χ0v) is 18.4. The van der Waals surface area contributed by atoms with Gasteiger partial charge in [0.15, 0.2) is 0 Å². The molecule has 33 heavy (non-hydrogen) atoms. The molecule has 170 valence electrons. The number of morpholine rings is 1. The molecule has 0 spiro atoms. The van der Waals surface area contributed by atoms with Crippen LogP contribution in [0.1, 0.15) is 5.56 Å². The Hall–Kier alpha value is -3.60. The Labute approximate surface area is 191 Å². The lowest BCUT2D eigenvalue weighted by Gasteiger charge is -2.26. The van der Waals surface area contributed by atoms with Crippen LogP contribution in [0.15, 0.2) is 82.8 Å². The fraction of sp³-hybridized carbons (Fsp3) is 0.174. The standard InChI is InChI=1S/C23H22N4O5S/c28-27(29)21-10-11-22(23(16-21)33(30,31)26-12-14-32-15-13-26)25-24-17-18-6-8-20(9-7-18)19-4-2-1-3-5-19/h1-11,16-17,25H,12-15H2/b24-17+. The molecule has 1 aliphatic heterocycles. The maximum Gasteiger partial charge on any atom is 0.270 e. The van der Waals surface area contributed by atoms with Crippen LogP contribution >= 0.6 is 0 Å². The summed E-state index contributed by atoms with van der Waals surface area (Å²) in [7, 11) is -3.97. The number of ether oxygens (including phenoxy) is 1. The Morgan fingerprint density at radius 3 is 2.30 bits per heavy atom. The highest BCUT2D eigenvalue weighted by Crippen LogP contribution is 2.29. The minimum absolute atomic E-state index is 0.157. The van der Waals surface area contributed by atoms with Gasteiger partial charge in [0.25, 0.3) is 5.69 Å². The molecule has 1 aliphatic rings. The lowest BCUT2D eigenvalue weighted by molar-refractivity contribution is -0.385. The molecular formula is C23H22N4O5S. The van der Waals surface area contributed by atoms with E-state index in [1.54, 1.807) is 6.21 Å². The first-order valence-corrected chi connectivity index (χ1v) is 11.7. The zero-order valence-electron chi connectivity index (χ0n) is 17.6. The molecule has 0 saturated carbocycles. The molecule has 1 fully saturated rings. The van der Waals surface area contributed by atoms with Crippen molar-refractivity contribution >= 4 is 27.6 Å². The van der Waals surface area contributed by atoms with Crippen LogP contribution < -0.4 is 5.43 Å². The van der Waals surface area contributed by atoms with Crippen LogP contribution in [0.3, 0.4) is 0 Å². The highest BCUT2D eigenvalue weighted by atomic mass is 32.2. The van der Waals surface area contributed by atoms with Crippen molar-refractivity contribution in [3.05, 3.63) is 88.5 Å². The fourth-order valence-corrected chi connectivity index (χ4v) is 4.99. The second-order valence-corrected chi connectivity index (χ2v) is 9.22. The lowest BCUT2D eigenvalue weighted by Crippen LogP contribution is -2.40. The Balaban J connectivity index is 1.56. The summed E-state index contributed by atoms with van der Waals surface area (Å²) in [5.41, 5.74) is 5.55. The van der Waals surface area contributed by atoms with Crippen LogP contribution in [0, 0.1) is 10.1 Å². The van der Waals surface area contributed by atoms with Gasteiger partial charge in [-0.05, 0) is 22.8 Å². The quantitative estimate of drug-likeness (QED) is 0.322. The summed E-state index contributed by atoms with van der Waals surface area (Å²) < 4.78 is 32.8. The summed E-state index contributed by atoms with van der Waals surface area (Å²) in [4.78, 5) is 10.4. The van der Waals surface area contributed by atoms with E-state index in [0.29, 0.717) is 0 Å². The van der Waals surface area contributed by atoms with Gasteiger partial charge in [-0.15, -0.1) is 0 Å². The Morgan fingerprint density at radius 1 is 0.970 bits per heavy atom. The Bertz CT molecular complexity index is 1260. The van der Waals surface area contributed by atoms with Crippen molar-refractivity contribution in [1.29, 1.82) is 0 Å². The molecule has 0 bridgehead atoms. The molecule has 10 heteroatoms. The third-order valence-corrected chi connectivity index (χ3v) is 7.12. The first kappa shape index (κ1) is 22.6. The van der Waals surface area contributed by atoms with Crippen LogP contribution in [0.25, 0.3) is 11.1 Å². The number of hydrogen-bond donors (Lipinski definition) is 1. The van der Waals surface area contributed by atoms with E-state index in [9.17, 15) is 18.5 Å². The molecule has 0 unspecified atom stereocenters. The normalized spacial score (nSPS) is 14.9. The molecule has 3 aromatic carbocycles. The molecule has 4 rings (SSSR count). The number of anilines is 1. The number of sulfonamides is 1. The molecule has 1 heterocycles. The van der Waals surface area contributed by atoms with Crippen molar-refractivity contribution < 1.29 is 18.1 Å². The van der Waals surface area contributed by atoms with Gasteiger partial charge < -0.3 is 4.74 Å². The highest BCUT2D eigenvalue weighted by molar-refractivity contribution is 7.89. The van der Waals surface area contributed by atoms with E-state index < -0.39 is 14.9 Å². The second-order valence-electron chi connectivity index (χ2n) is 7.31. The largest absolute Gasteiger partial charge is 0.379 e. The molecule has 3 aromatic rings. The van der Waals surface area contributed by atoms with E-state index in [0.717, 1.165) is 22.8 Å². The van der Waals surface area contributed by atoms with Gasteiger partial charge in [0.2, 0.25) is 10.0 Å². The van der Waals surface area contributed by atoms with Crippen molar-refractivity contribution in [3.8, 4) is 11.1 Å². The van der Waals surface area contributed by atoms with Crippen LogP contribution in [-0.4, -0.2) is 50.2 Å². The second kappa shape index (κ2) is 9.90. The van der Waals surface area contributed by atoms with Gasteiger partial charge in [0.1, 0.15) is 4.90 Å². The van der Waals surface area contributed by atoms with Gasteiger partial charge in [-0.2, -0.15) is 9.41 Å². The lowest BCUT2D eigenvalue weighted by atomic mass is 10.0. The number of rotatable bonds is 7. The summed E-state index contributed by atoms with van der Waals surface area (Å²) >= 11 is 0. The molecule has 1 N–H and O–H groups in total. The highest BCUT2D eigenvalue weighted by Gasteiger charge is 2.30. The van der Waals surface area contributed by atoms with Gasteiger partial charge in [-0.3, -0.25) is 15.5 Å². The number of nitrogens with zero attached hydrogens (tertiary/aromatic N) is 3. The van der Waals surface area contributed by atoms with E-state index in [1.165, 1.54) is 16.4 Å². The van der Waals surface area contributed by atoms with Crippen molar-refractivity contribution in [1.82, 2.24) is 4.31 Å². The molecule has 0 aliphatic carbocycles. The average Bonchev–Trinajstić information content (AvgIpc) is 2.85. The van der Waals surface area contributed by atoms with Crippen molar-refractivity contribution in [2.24, 2.45) is 5.10 Å². The predicted molar refractivity (Wildman–Crippen MR) is 126 cm³/mol. The molecular weight excluding hydrogens is 444 g/mol. The maximum atomic E-state index is 13.1. The maximum absolute atomic E-state index is 13.1. The van der Waals surface area contributed by atoms with Crippen molar-refractivity contribution in [2.45, 2.75) is 4.90 Å². The molecule has 1 saturated heterocycles. The van der Waals surface area contributed by atoms with Gasteiger partial charge in [0, 0.05) is 25.2 Å². The summed E-state index contributed by atoms with van der Waals surface area (Å²) in [6, 6.07) is 21.3. The topological polar surface area (TPSA) is 114 Å². The van der Waals surface area contributed by atoms with Crippen LogP contribution in [0.2, 0.25) is 0 Å². The minimum atomic E-state index is -3.97. The van der Waals surface area contributed by atoms with Crippen molar-refractivity contribution in [2.75, 3.05) is 31.7 Å². The molecule has 9 nitrogen and oxygen atoms in total. The Morgan fingerprint density at radius 2 is 1.64 bits per heavy atom. The summed E-state index contributed by atoms with van der Waals surface area (Å²) in [5, 5.41) is 15.4. The first-order chi connectivity index (χ1) is 15.9. The zero-order chi connectivity index (χ0) is 23.3. The number of nitrogens with one attached hydrogen (secondary N) is 1. The molecule has 0 aromatic heterocycles. The molecule has 0 amide bonds. The summed E-state index contributed by atoms with van der Waals surface area (Å²) in [6.45, 7) is 0.908. The monoisotopic (exact) mass is 466 g/mol. The first-order valence-electron chi connectivity index (χ1n) is 10.3. The van der Waals surface area contributed by atoms with Crippen LogP contribution in [-0.2, 0) is 14.8 Å². The van der Waals surface area contributed by atoms with E-state index in [2.05, 4.69) is 10.5 Å². The SMILES string of the molecule is O=[N+]([O-])c1ccc(N/N=C/c2ccc(-c3ccccc3)cc2)c(S(=O)(=O)N2CCOCC2)c1. The number of hydrazone groups is 1. The molecule has 0 radical (unpaired) electrons. The predicted octanol–water partition coefficient (Wildman–Crippen LogP) is 3.73. The Kier molecular flexibility index (Phi) is 6.78. The van der Waals surface area contributed by atoms with E-state index in [-0.39, 0.29) is 42.6 Å². The van der Waals surface area contributed by atoms with Gasteiger partial charge in [0.05, 0.1) is 30.0 Å². The number of nitro groups is 1. The van der Waals surface area contributed by atoms with Crippen molar-refractivity contribution in [3.63, 3.8) is 0 Å². The van der Waals surface area contributed by atoms with E-state index >= 15 is 0 Å². The number of nitro benzene ring substituents is 1. The minimum Gasteiger partial charge on any atom is -0.379 e. The number of hydrogen-bond acceptors (Lipinski definition) is 7. The third kappa shape index (κ3) is 5.25. The van der Waals surface area contributed by atoms with E-state index in [1.807, 2.05) is 54.6 Å². The summed E-state index contributed by atoms with van der Waals surface area (Å²) in [6.07, 6.45) is 1.56.